The van der Waals surface area contributed by atoms with Gasteiger partial charge in [0.15, 0.2) is 6.61 Å². The molecular formula is C21H24N2O5S. The Kier molecular flexibility index (Phi) is 6.66. The number of carbonyl (C=O) groups excluding carboxylic acids is 2. The van der Waals surface area contributed by atoms with E-state index in [9.17, 15) is 18.0 Å². The average Bonchev–Trinajstić information content (AvgIpc) is 2.74. The minimum Gasteiger partial charge on any atom is -0.452 e. The number of anilines is 1. The van der Waals surface area contributed by atoms with E-state index >= 15 is 0 Å². The molecule has 1 fully saturated rings. The maximum Gasteiger partial charge on any atom is 0.338 e. The first-order valence-corrected chi connectivity index (χ1v) is 10.9. The van der Waals surface area contributed by atoms with E-state index in [-0.39, 0.29) is 10.5 Å². The quantitative estimate of drug-likeness (QED) is 0.731. The van der Waals surface area contributed by atoms with E-state index in [2.05, 4.69) is 5.32 Å². The summed E-state index contributed by atoms with van der Waals surface area (Å²) in [5, 5.41) is 2.64. The summed E-state index contributed by atoms with van der Waals surface area (Å²) in [6.07, 6.45) is 2.68. The molecule has 1 aliphatic heterocycles. The normalized spacial score (nSPS) is 14.9. The van der Waals surface area contributed by atoms with Crippen LogP contribution in [0.1, 0.15) is 35.2 Å². The molecule has 0 unspecified atom stereocenters. The Morgan fingerprint density at radius 3 is 2.41 bits per heavy atom. The number of rotatable bonds is 6. The third-order valence-corrected chi connectivity index (χ3v) is 6.59. The second kappa shape index (κ2) is 9.19. The first-order valence-electron chi connectivity index (χ1n) is 9.50. The number of nitrogens with zero attached hydrogens (tertiary/aromatic N) is 1. The van der Waals surface area contributed by atoms with Crippen LogP contribution in [0.15, 0.2) is 53.4 Å². The molecule has 29 heavy (non-hydrogen) atoms. The van der Waals surface area contributed by atoms with Gasteiger partial charge in [0.1, 0.15) is 0 Å². The Hall–Kier alpha value is -2.71. The molecule has 0 spiro atoms. The summed E-state index contributed by atoms with van der Waals surface area (Å²) in [7, 11) is -3.65. The van der Waals surface area contributed by atoms with Crippen LogP contribution in [-0.4, -0.2) is 44.3 Å². The smallest absolute Gasteiger partial charge is 0.338 e. The first-order chi connectivity index (χ1) is 13.9. The van der Waals surface area contributed by atoms with Gasteiger partial charge in [-0.1, -0.05) is 30.2 Å². The third kappa shape index (κ3) is 5.42. The molecule has 2 aromatic rings. The van der Waals surface area contributed by atoms with Gasteiger partial charge in [0.05, 0.1) is 10.5 Å². The van der Waals surface area contributed by atoms with Crippen LogP contribution in [0.5, 0.6) is 0 Å². The second-order valence-electron chi connectivity index (χ2n) is 6.98. The number of sulfonamides is 1. The summed E-state index contributed by atoms with van der Waals surface area (Å²) in [4.78, 5) is 24.3. The fraction of sp³-hybridized carbons (Fsp3) is 0.333. The lowest BCUT2D eigenvalue weighted by Crippen LogP contribution is -2.35. The second-order valence-corrected chi connectivity index (χ2v) is 8.92. The number of benzene rings is 2. The van der Waals surface area contributed by atoms with Crippen molar-refractivity contribution < 1.29 is 22.7 Å². The van der Waals surface area contributed by atoms with Gasteiger partial charge in [-0.2, -0.15) is 4.31 Å². The van der Waals surface area contributed by atoms with Crippen LogP contribution in [0.3, 0.4) is 0 Å². The van der Waals surface area contributed by atoms with E-state index < -0.39 is 28.5 Å². The Balaban J connectivity index is 1.61. The Bertz CT molecular complexity index is 980. The van der Waals surface area contributed by atoms with Crippen molar-refractivity contribution >= 4 is 27.6 Å². The van der Waals surface area contributed by atoms with Crippen molar-refractivity contribution in [3.8, 4) is 0 Å². The molecule has 8 heteroatoms. The third-order valence-electron chi connectivity index (χ3n) is 4.69. The lowest BCUT2D eigenvalue weighted by atomic mass is 10.2. The zero-order valence-corrected chi connectivity index (χ0v) is 17.1. The zero-order valence-electron chi connectivity index (χ0n) is 16.3. The van der Waals surface area contributed by atoms with Gasteiger partial charge in [0.2, 0.25) is 10.0 Å². The number of hydrogen-bond acceptors (Lipinski definition) is 5. The molecule has 0 bridgehead atoms. The molecule has 0 radical (unpaired) electrons. The molecule has 0 saturated carbocycles. The summed E-state index contributed by atoms with van der Waals surface area (Å²) in [6.45, 7) is 2.44. The summed E-state index contributed by atoms with van der Waals surface area (Å²) < 4.78 is 32.0. The van der Waals surface area contributed by atoms with Crippen molar-refractivity contribution in [1.82, 2.24) is 4.31 Å². The largest absolute Gasteiger partial charge is 0.452 e. The van der Waals surface area contributed by atoms with Crippen LogP contribution in [0.2, 0.25) is 0 Å². The fourth-order valence-corrected chi connectivity index (χ4v) is 4.65. The lowest BCUT2D eigenvalue weighted by Gasteiger charge is -2.25. The fourth-order valence-electron chi connectivity index (χ4n) is 3.09. The molecule has 0 aliphatic carbocycles. The van der Waals surface area contributed by atoms with Gasteiger partial charge < -0.3 is 10.1 Å². The molecule has 0 atom stereocenters. The highest BCUT2D eigenvalue weighted by atomic mass is 32.2. The van der Waals surface area contributed by atoms with Gasteiger partial charge in [0, 0.05) is 18.8 Å². The molecule has 1 amide bonds. The average molecular weight is 416 g/mol. The number of piperidine rings is 1. The van der Waals surface area contributed by atoms with Crippen molar-refractivity contribution in [2.75, 3.05) is 25.0 Å². The van der Waals surface area contributed by atoms with Gasteiger partial charge >= 0.3 is 5.97 Å². The topological polar surface area (TPSA) is 92.8 Å². The number of hydrogen-bond donors (Lipinski definition) is 1. The van der Waals surface area contributed by atoms with Crippen LogP contribution in [0.25, 0.3) is 0 Å². The van der Waals surface area contributed by atoms with E-state index in [0.717, 1.165) is 24.8 Å². The maximum atomic E-state index is 12.8. The van der Waals surface area contributed by atoms with Crippen molar-refractivity contribution in [3.63, 3.8) is 0 Å². The maximum absolute atomic E-state index is 12.8. The van der Waals surface area contributed by atoms with Gasteiger partial charge in [-0.3, -0.25) is 4.79 Å². The number of amides is 1. The lowest BCUT2D eigenvalue weighted by molar-refractivity contribution is -0.119. The molecular weight excluding hydrogens is 392 g/mol. The number of esters is 1. The molecule has 1 saturated heterocycles. The van der Waals surface area contributed by atoms with Crippen LogP contribution in [0.4, 0.5) is 5.69 Å². The number of ether oxygens (including phenoxy) is 1. The van der Waals surface area contributed by atoms with Crippen molar-refractivity contribution in [2.24, 2.45) is 0 Å². The molecule has 1 aliphatic rings. The Labute approximate surface area is 170 Å². The van der Waals surface area contributed by atoms with Crippen LogP contribution >= 0.6 is 0 Å². The SMILES string of the molecule is Cc1ccc(NC(=O)COC(=O)c2cccc(S(=O)(=O)N3CCCCC3)c2)cc1. The van der Waals surface area contributed by atoms with Crippen LogP contribution in [0, 0.1) is 6.92 Å². The van der Waals surface area contributed by atoms with E-state index in [4.69, 9.17) is 4.74 Å². The van der Waals surface area contributed by atoms with Crippen molar-refractivity contribution in [1.29, 1.82) is 0 Å². The minimum atomic E-state index is -3.65. The minimum absolute atomic E-state index is 0.0537. The molecule has 7 nitrogen and oxygen atoms in total. The molecule has 3 rings (SSSR count). The number of carbonyl (C=O) groups is 2. The number of aryl methyl sites for hydroxylation is 1. The molecule has 2 aromatic carbocycles. The highest BCUT2D eigenvalue weighted by molar-refractivity contribution is 7.89. The van der Waals surface area contributed by atoms with Crippen LogP contribution < -0.4 is 5.32 Å². The van der Waals surface area contributed by atoms with Crippen LogP contribution in [-0.2, 0) is 19.6 Å². The van der Waals surface area contributed by atoms with E-state index in [1.807, 2.05) is 19.1 Å². The van der Waals surface area contributed by atoms with E-state index in [0.29, 0.717) is 18.8 Å². The molecule has 0 aromatic heterocycles. The van der Waals surface area contributed by atoms with E-state index in [1.54, 1.807) is 12.1 Å². The standard InChI is InChI=1S/C21H24N2O5S/c1-16-8-10-18(11-9-16)22-20(24)15-28-21(25)17-6-5-7-19(14-17)29(26,27)23-12-3-2-4-13-23/h5-11,14H,2-4,12-13,15H2,1H3,(H,22,24). The first kappa shape index (κ1) is 21.0. The van der Waals surface area contributed by atoms with E-state index in [1.165, 1.54) is 28.6 Å². The van der Waals surface area contributed by atoms with Crippen molar-refractivity contribution in [3.05, 3.63) is 59.7 Å². The summed E-state index contributed by atoms with van der Waals surface area (Å²) in [6, 6.07) is 12.9. The van der Waals surface area contributed by atoms with Gasteiger partial charge in [-0.15, -0.1) is 0 Å². The van der Waals surface area contributed by atoms with Crippen molar-refractivity contribution in [2.45, 2.75) is 31.1 Å². The highest BCUT2D eigenvalue weighted by Crippen LogP contribution is 2.21. The van der Waals surface area contributed by atoms with Gasteiger partial charge in [0.25, 0.3) is 5.91 Å². The number of nitrogens with one attached hydrogen (secondary N) is 1. The molecule has 1 N–H and O–H groups in total. The molecule has 154 valence electrons. The Morgan fingerprint density at radius 2 is 1.72 bits per heavy atom. The summed E-state index contributed by atoms with van der Waals surface area (Å²) >= 11 is 0. The summed E-state index contributed by atoms with van der Waals surface area (Å²) in [5.74, 6) is -1.22. The monoisotopic (exact) mass is 416 g/mol. The highest BCUT2D eigenvalue weighted by Gasteiger charge is 2.26. The predicted molar refractivity (Wildman–Crippen MR) is 109 cm³/mol. The van der Waals surface area contributed by atoms with Gasteiger partial charge in [-0.25, -0.2) is 13.2 Å². The van der Waals surface area contributed by atoms with Gasteiger partial charge in [-0.05, 0) is 50.1 Å². The molecule has 1 heterocycles. The Morgan fingerprint density at radius 1 is 1.03 bits per heavy atom. The predicted octanol–water partition coefficient (Wildman–Crippen LogP) is 2.97. The zero-order chi connectivity index (χ0) is 20.9. The summed E-state index contributed by atoms with van der Waals surface area (Å²) in [5.41, 5.74) is 1.76.